The molecule has 28 heavy (non-hydrogen) atoms. The van der Waals surface area contributed by atoms with Crippen molar-refractivity contribution in [3.05, 3.63) is 84.4 Å². The molecule has 0 aliphatic carbocycles. The first-order valence-corrected chi connectivity index (χ1v) is 9.48. The Labute approximate surface area is 164 Å². The molecule has 2 unspecified atom stereocenters. The Balaban J connectivity index is 1.51. The van der Waals surface area contributed by atoms with E-state index < -0.39 is 6.10 Å². The fraction of sp³-hybridized carbons (Fsp3) is 0.273. The molecule has 4 rings (SSSR count). The van der Waals surface area contributed by atoms with Crippen LogP contribution in [0.1, 0.15) is 30.1 Å². The van der Waals surface area contributed by atoms with Crippen molar-refractivity contribution in [2.45, 2.75) is 18.9 Å². The number of hydrogen-bond donors (Lipinski definition) is 0. The molecule has 1 aromatic carbocycles. The van der Waals surface area contributed by atoms with Gasteiger partial charge in [0.05, 0.1) is 5.92 Å². The minimum atomic E-state index is -0.444. The lowest BCUT2D eigenvalue weighted by Crippen LogP contribution is -2.40. The lowest BCUT2D eigenvalue weighted by molar-refractivity contribution is -0.152. The molecule has 6 heteroatoms. The van der Waals surface area contributed by atoms with Gasteiger partial charge in [-0.2, -0.15) is 0 Å². The molecule has 2 atom stereocenters. The van der Waals surface area contributed by atoms with Gasteiger partial charge < -0.3 is 9.64 Å². The van der Waals surface area contributed by atoms with Gasteiger partial charge in [-0.15, -0.1) is 0 Å². The van der Waals surface area contributed by atoms with Crippen LogP contribution >= 0.6 is 0 Å². The number of nitrogens with zero attached hydrogens (tertiary/aromatic N) is 4. The summed E-state index contributed by atoms with van der Waals surface area (Å²) in [6.07, 6.45) is 8.14. The molecule has 2 aromatic heterocycles. The second-order valence-corrected chi connectivity index (χ2v) is 6.84. The van der Waals surface area contributed by atoms with Gasteiger partial charge in [0.15, 0.2) is 6.10 Å². The number of carbonyl (C=O) groups excluding carboxylic acids is 1. The fourth-order valence-electron chi connectivity index (χ4n) is 3.51. The van der Waals surface area contributed by atoms with E-state index in [-0.39, 0.29) is 11.9 Å². The Kier molecular flexibility index (Phi) is 5.56. The zero-order chi connectivity index (χ0) is 19.2. The van der Waals surface area contributed by atoms with Crippen LogP contribution in [-0.2, 0) is 9.53 Å². The van der Waals surface area contributed by atoms with Crippen LogP contribution in [0.5, 0.6) is 0 Å². The van der Waals surface area contributed by atoms with Crippen molar-refractivity contribution in [2.24, 2.45) is 5.92 Å². The van der Waals surface area contributed by atoms with Crippen LogP contribution in [0, 0.1) is 5.92 Å². The van der Waals surface area contributed by atoms with Gasteiger partial charge in [0, 0.05) is 43.4 Å². The van der Waals surface area contributed by atoms with Crippen LogP contribution in [-0.4, -0.2) is 34.0 Å². The van der Waals surface area contributed by atoms with E-state index in [1.54, 1.807) is 30.9 Å². The number of anilines is 1. The maximum absolute atomic E-state index is 13.0. The molecular weight excluding hydrogens is 352 g/mol. The number of benzene rings is 1. The highest BCUT2D eigenvalue weighted by molar-refractivity contribution is 5.74. The fourth-order valence-corrected chi connectivity index (χ4v) is 3.51. The van der Waals surface area contributed by atoms with E-state index in [9.17, 15) is 4.79 Å². The van der Waals surface area contributed by atoms with Crippen LogP contribution in [0.25, 0.3) is 0 Å². The topological polar surface area (TPSA) is 68.2 Å². The molecular formula is C22H22N4O2. The number of rotatable bonds is 5. The van der Waals surface area contributed by atoms with Crippen molar-refractivity contribution < 1.29 is 9.53 Å². The van der Waals surface area contributed by atoms with E-state index in [1.807, 2.05) is 42.5 Å². The van der Waals surface area contributed by atoms with E-state index in [1.165, 1.54) is 0 Å². The van der Waals surface area contributed by atoms with Crippen molar-refractivity contribution in [2.75, 3.05) is 18.0 Å². The van der Waals surface area contributed by atoms with E-state index in [2.05, 4.69) is 19.9 Å². The van der Waals surface area contributed by atoms with Gasteiger partial charge in [-0.1, -0.05) is 30.3 Å². The maximum Gasteiger partial charge on any atom is 0.311 e. The predicted octanol–water partition coefficient (Wildman–Crippen LogP) is 3.42. The third kappa shape index (κ3) is 4.17. The number of aromatic nitrogens is 3. The second-order valence-electron chi connectivity index (χ2n) is 6.84. The molecule has 3 heterocycles. The summed E-state index contributed by atoms with van der Waals surface area (Å²) < 4.78 is 6.01. The molecule has 1 aliphatic rings. The maximum atomic E-state index is 13.0. The lowest BCUT2D eigenvalue weighted by atomic mass is 9.97. The van der Waals surface area contributed by atoms with Crippen molar-refractivity contribution in [3.63, 3.8) is 0 Å². The summed E-state index contributed by atoms with van der Waals surface area (Å²) in [5.41, 5.74) is 1.86. The first-order valence-electron chi connectivity index (χ1n) is 9.48. The third-order valence-electron chi connectivity index (χ3n) is 4.93. The largest absolute Gasteiger partial charge is 0.452 e. The van der Waals surface area contributed by atoms with E-state index in [0.29, 0.717) is 12.5 Å². The Morgan fingerprint density at radius 1 is 0.964 bits per heavy atom. The molecule has 1 aliphatic heterocycles. The van der Waals surface area contributed by atoms with E-state index >= 15 is 0 Å². The summed E-state index contributed by atoms with van der Waals surface area (Å²) in [6.45, 7) is 1.42. The average Bonchev–Trinajstić information content (AvgIpc) is 2.79. The molecule has 0 saturated carbocycles. The Hall–Kier alpha value is -3.28. The lowest BCUT2D eigenvalue weighted by Gasteiger charge is -2.32. The third-order valence-corrected chi connectivity index (χ3v) is 4.93. The molecule has 142 valence electrons. The van der Waals surface area contributed by atoms with Crippen LogP contribution in [0.4, 0.5) is 5.95 Å². The summed E-state index contributed by atoms with van der Waals surface area (Å²) in [5.74, 6) is 0.269. The number of esters is 1. The van der Waals surface area contributed by atoms with Gasteiger partial charge in [0.2, 0.25) is 5.95 Å². The normalized spacial score (nSPS) is 17.7. The molecule has 0 bridgehead atoms. The van der Waals surface area contributed by atoms with Crippen LogP contribution < -0.4 is 4.90 Å². The highest BCUT2D eigenvalue weighted by Gasteiger charge is 2.30. The highest BCUT2D eigenvalue weighted by Crippen LogP contribution is 2.29. The average molecular weight is 374 g/mol. The van der Waals surface area contributed by atoms with Crippen molar-refractivity contribution >= 4 is 11.9 Å². The number of hydrogen-bond acceptors (Lipinski definition) is 6. The van der Waals surface area contributed by atoms with Crippen molar-refractivity contribution in [1.29, 1.82) is 0 Å². The van der Waals surface area contributed by atoms with Gasteiger partial charge in [-0.05, 0) is 36.6 Å². The molecule has 0 amide bonds. The van der Waals surface area contributed by atoms with Gasteiger partial charge in [-0.3, -0.25) is 9.78 Å². The van der Waals surface area contributed by atoms with Gasteiger partial charge >= 0.3 is 5.97 Å². The Bertz CT molecular complexity index is 851. The number of pyridine rings is 1. The Morgan fingerprint density at radius 3 is 2.43 bits per heavy atom. The van der Waals surface area contributed by atoms with Crippen LogP contribution in [0.15, 0.2) is 73.3 Å². The van der Waals surface area contributed by atoms with Crippen LogP contribution in [0.3, 0.4) is 0 Å². The smallest absolute Gasteiger partial charge is 0.311 e. The van der Waals surface area contributed by atoms with E-state index in [4.69, 9.17) is 4.74 Å². The molecule has 1 saturated heterocycles. The van der Waals surface area contributed by atoms with Crippen molar-refractivity contribution in [3.8, 4) is 0 Å². The minimum Gasteiger partial charge on any atom is -0.452 e. The zero-order valence-corrected chi connectivity index (χ0v) is 15.5. The predicted molar refractivity (Wildman–Crippen MR) is 106 cm³/mol. The summed E-state index contributed by atoms with van der Waals surface area (Å²) >= 11 is 0. The van der Waals surface area contributed by atoms with Gasteiger partial charge in [-0.25, -0.2) is 9.97 Å². The molecule has 0 N–H and O–H groups in total. The summed E-state index contributed by atoms with van der Waals surface area (Å²) in [5, 5.41) is 0. The monoisotopic (exact) mass is 374 g/mol. The van der Waals surface area contributed by atoms with Gasteiger partial charge in [0.1, 0.15) is 0 Å². The first-order chi connectivity index (χ1) is 13.8. The molecule has 0 radical (unpaired) electrons. The molecule has 0 spiro atoms. The summed E-state index contributed by atoms with van der Waals surface area (Å²) in [6, 6.07) is 15.4. The van der Waals surface area contributed by atoms with Crippen molar-refractivity contribution in [1.82, 2.24) is 15.0 Å². The summed E-state index contributed by atoms with van der Waals surface area (Å²) in [4.78, 5) is 27.8. The zero-order valence-electron chi connectivity index (χ0n) is 15.5. The standard InChI is InChI=1S/C22H22N4O2/c27-21(19-8-4-15-26(16-19)22-24-11-5-12-25-22)28-20(17-6-2-1-3-7-17)18-9-13-23-14-10-18/h1-3,5-7,9-14,19-20H,4,8,15-16H2. The molecule has 6 nitrogen and oxygen atoms in total. The summed E-state index contributed by atoms with van der Waals surface area (Å²) in [7, 11) is 0. The number of carbonyl (C=O) groups is 1. The SMILES string of the molecule is O=C(OC(c1ccccc1)c1ccncc1)C1CCCN(c2ncccn2)C1. The number of ether oxygens (including phenoxy) is 1. The molecule has 1 fully saturated rings. The van der Waals surface area contributed by atoms with Gasteiger partial charge in [0.25, 0.3) is 0 Å². The Morgan fingerprint density at radius 2 is 1.68 bits per heavy atom. The number of piperidine rings is 1. The molecule has 3 aromatic rings. The first kappa shape index (κ1) is 18.1. The van der Waals surface area contributed by atoms with Crippen LogP contribution in [0.2, 0.25) is 0 Å². The highest BCUT2D eigenvalue weighted by atomic mass is 16.5. The minimum absolute atomic E-state index is 0.189. The van der Waals surface area contributed by atoms with E-state index in [0.717, 1.165) is 30.5 Å². The second kappa shape index (κ2) is 8.61. The quantitative estimate of drug-likeness (QED) is 0.638.